The first-order valence-electron chi connectivity index (χ1n) is 4.75. The van der Waals surface area contributed by atoms with E-state index in [1.807, 2.05) is 13.0 Å². The van der Waals surface area contributed by atoms with Crippen LogP contribution < -0.4 is 0 Å². The van der Waals surface area contributed by atoms with Crippen molar-refractivity contribution in [1.82, 2.24) is 0 Å². The molecule has 87 valence electrons. The van der Waals surface area contributed by atoms with Crippen molar-refractivity contribution in [2.75, 3.05) is 6.61 Å². The van der Waals surface area contributed by atoms with Crippen LogP contribution >= 0.6 is 0 Å². The molecule has 0 unspecified atom stereocenters. The van der Waals surface area contributed by atoms with Crippen LogP contribution in [-0.4, -0.2) is 19.0 Å². The summed E-state index contributed by atoms with van der Waals surface area (Å²) in [7, 11) is 0. The highest BCUT2D eigenvalue weighted by molar-refractivity contribution is 5.79. The van der Waals surface area contributed by atoms with Crippen molar-refractivity contribution >= 4 is 6.21 Å². The van der Waals surface area contributed by atoms with Crippen LogP contribution in [0.5, 0.6) is 0 Å². The van der Waals surface area contributed by atoms with E-state index >= 15 is 0 Å². The number of aryl methyl sites for hydroxylation is 1. The lowest BCUT2D eigenvalue weighted by atomic mass is 10.1. The Kier molecular flexibility index (Phi) is 4.34. The van der Waals surface area contributed by atoms with Gasteiger partial charge in [0.25, 0.3) is 0 Å². The average Bonchev–Trinajstić information content (AvgIpc) is 2.23. The van der Waals surface area contributed by atoms with Crippen LogP contribution in [0.3, 0.4) is 0 Å². The molecule has 0 N–H and O–H groups in total. The molecular weight excluding hydrogens is 219 g/mol. The average molecular weight is 230 g/mol. The van der Waals surface area contributed by atoms with Gasteiger partial charge in [0.2, 0.25) is 6.61 Å². The van der Waals surface area contributed by atoms with Crippen molar-refractivity contribution in [1.29, 1.82) is 0 Å². The van der Waals surface area contributed by atoms with E-state index in [0.717, 1.165) is 12.0 Å². The van der Waals surface area contributed by atoms with E-state index in [2.05, 4.69) is 16.2 Å². The zero-order valence-electron chi connectivity index (χ0n) is 8.71. The summed E-state index contributed by atoms with van der Waals surface area (Å²) in [5.41, 5.74) is 1.66. The summed E-state index contributed by atoms with van der Waals surface area (Å²) in [6.07, 6.45) is -1.12. The Morgan fingerprint density at radius 2 is 2.12 bits per heavy atom. The molecule has 0 saturated heterocycles. The number of hydrogen-bond acceptors (Lipinski definition) is 2. The molecule has 1 aromatic carbocycles. The maximum Gasteiger partial charge on any atom is 0.425 e. The molecule has 0 amide bonds. The van der Waals surface area contributed by atoms with Crippen LogP contribution in [-0.2, 0) is 11.3 Å². The highest BCUT2D eigenvalue weighted by Crippen LogP contribution is 2.14. The third kappa shape index (κ3) is 4.82. The van der Waals surface area contributed by atoms with Gasteiger partial charge in [-0.05, 0) is 18.1 Å². The van der Waals surface area contributed by atoms with Gasteiger partial charge in [0.1, 0.15) is 6.21 Å². The van der Waals surface area contributed by atoms with E-state index in [1.54, 1.807) is 18.2 Å². The first kappa shape index (κ1) is 12.5. The fourth-order valence-electron chi connectivity index (χ4n) is 1.05. The Hall–Kier alpha value is -1.52. The normalized spacial score (nSPS) is 12.0. The van der Waals surface area contributed by atoms with Crippen LogP contribution in [0.25, 0.3) is 0 Å². The summed E-state index contributed by atoms with van der Waals surface area (Å²) in [5, 5.41) is 3.13. The molecule has 0 aliphatic rings. The molecule has 5 heteroatoms. The van der Waals surface area contributed by atoms with Crippen LogP contribution in [0, 0.1) is 0 Å². The molecule has 0 fully saturated rings. The van der Waals surface area contributed by atoms with Gasteiger partial charge in [-0.3, -0.25) is 0 Å². The van der Waals surface area contributed by atoms with Crippen molar-refractivity contribution < 1.29 is 18.0 Å². The Labute approximate surface area is 91.7 Å². The van der Waals surface area contributed by atoms with Crippen molar-refractivity contribution in [3.63, 3.8) is 0 Å². The van der Waals surface area contributed by atoms with E-state index in [0.29, 0.717) is 5.56 Å². The highest BCUT2D eigenvalue weighted by atomic mass is 19.4. The first-order valence-corrected chi connectivity index (χ1v) is 4.75. The lowest BCUT2D eigenvalue weighted by Crippen LogP contribution is -2.14. The van der Waals surface area contributed by atoms with Crippen molar-refractivity contribution in [3.05, 3.63) is 35.4 Å². The van der Waals surface area contributed by atoms with Gasteiger partial charge >= 0.3 is 6.18 Å². The van der Waals surface area contributed by atoms with E-state index in [1.165, 1.54) is 0 Å². The fraction of sp³-hybridized carbons (Fsp3) is 0.364. The van der Waals surface area contributed by atoms with E-state index in [9.17, 15) is 13.2 Å². The molecule has 1 aromatic rings. The summed E-state index contributed by atoms with van der Waals surface area (Å²) in [6.45, 7) is 0.587. The second kappa shape index (κ2) is 5.53. The monoisotopic (exact) mass is 230 g/mol. The zero-order valence-corrected chi connectivity index (χ0v) is 8.71. The largest absolute Gasteiger partial charge is 0.425 e. The maximum atomic E-state index is 11.7. The van der Waals surface area contributed by atoms with Crippen LogP contribution in [0.15, 0.2) is 29.4 Å². The third-order valence-corrected chi connectivity index (χ3v) is 1.80. The number of nitrogens with zero attached hydrogens (tertiary/aromatic N) is 1. The Bertz CT molecular complexity index is 360. The molecule has 0 atom stereocenters. The SMILES string of the molecule is CCc1cccc(/[C]=N\OCC(F)(F)F)c1. The van der Waals surface area contributed by atoms with Gasteiger partial charge in [0, 0.05) is 5.56 Å². The summed E-state index contributed by atoms with van der Waals surface area (Å²) in [4.78, 5) is 4.06. The minimum Gasteiger partial charge on any atom is -0.386 e. The van der Waals surface area contributed by atoms with Crippen molar-refractivity contribution in [3.8, 4) is 0 Å². The van der Waals surface area contributed by atoms with Gasteiger partial charge in [-0.15, -0.1) is 0 Å². The summed E-state index contributed by atoms with van der Waals surface area (Å²) < 4.78 is 35.1. The Morgan fingerprint density at radius 1 is 1.38 bits per heavy atom. The maximum absolute atomic E-state index is 11.7. The van der Waals surface area contributed by atoms with Gasteiger partial charge in [-0.2, -0.15) is 13.2 Å². The lowest BCUT2D eigenvalue weighted by Gasteiger charge is -2.02. The highest BCUT2D eigenvalue weighted by Gasteiger charge is 2.28. The summed E-state index contributed by atoms with van der Waals surface area (Å²) >= 11 is 0. The first-order chi connectivity index (χ1) is 7.51. The molecule has 0 saturated carbocycles. The molecular formula is C11H11F3NO. The Morgan fingerprint density at radius 3 is 2.75 bits per heavy atom. The lowest BCUT2D eigenvalue weighted by molar-refractivity contribution is -0.173. The van der Waals surface area contributed by atoms with E-state index in [-0.39, 0.29) is 0 Å². The zero-order chi connectivity index (χ0) is 12.0. The number of hydrogen-bond donors (Lipinski definition) is 0. The van der Waals surface area contributed by atoms with Crippen LogP contribution in [0.4, 0.5) is 13.2 Å². The van der Waals surface area contributed by atoms with Gasteiger partial charge in [-0.25, -0.2) is 0 Å². The molecule has 16 heavy (non-hydrogen) atoms. The topological polar surface area (TPSA) is 21.6 Å². The minimum absolute atomic E-state index is 0.599. The van der Waals surface area contributed by atoms with E-state index < -0.39 is 12.8 Å². The minimum atomic E-state index is -4.36. The summed E-state index contributed by atoms with van der Waals surface area (Å²) in [5.74, 6) is 0. The molecule has 0 aliphatic carbocycles. The standard InChI is InChI=1S/C11H11F3NO/c1-2-9-4-3-5-10(6-9)7-15-16-8-11(12,13)14/h3-6H,2,8H2,1H3. The van der Waals surface area contributed by atoms with E-state index in [4.69, 9.17) is 0 Å². The molecule has 1 radical (unpaired) electrons. The predicted molar refractivity (Wildman–Crippen MR) is 54.4 cm³/mol. The van der Waals surface area contributed by atoms with Crippen LogP contribution in [0.1, 0.15) is 18.1 Å². The molecule has 0 bridgehead atoms. The molecule has 0 spiro atoms. The number of halogens is 3. The molecule has 0 aromatic heterocycles. The Balaban J connectivity index is 2.49. The number of alkyl halides is 3. The molecule has 0 heterocycles. The second-order valence-corrected chi connectivity index (χ2v) is 3.15. The number of benzene rings is 1. The summed E-state index contributed by atoms with van der Waals surface area (Å²) in [6, 6.07) is 7.20. The van der Waals surface area contributed by atoms with Gasteiger partial charge in [0.05, 0.1) is 0 Å². The molecule has 0 aliphatic heterocycles. The van der Waals surface area contributed by atoms with Crippen molar-refractivity contribution in [2.45, 2.75) is 19.5 Å². The smallest absolute Gasteiger partial charge is 0.386 e. The van der Waals surface area contributed by atoms with Crippen molar-refractivity contribution in [2.24, 2.45) is 5.16 Å². The molecule has 2 nitrogen and oxygen atoms in total. The second-order valence-electron chi connectivity index (χ2n) is 3.15. The van der Waals surface area contributed by atoms with Crippen LogP contribution in [0.2, 0.25) is 0 Å². The fourth-order valence-corrected chi connectivity index (χ4v) is 1.05. The quantitative estimate of drug-likeness (QED) is 0.575. The molecule has 1 rings (SSSR count). The number of rotatable bonds is 4. The van der Waals surface area contributed by atoms with Gasteiger partial charge in [-0.1, -0.05) is 30.3 Å². The predicted octanol–water partition coefficient (Wildman–Crippen LogP) is 3.04. The third-order valence-electron chi connectivity index (χ3n) is 1.80. The van der Waals surface area contributed by atoms with Gasteiger partial charge < -0.3 is 4.84 Å². The van der Waals surface area contributed by atoms with Gasteiger partial charge in [0.15, 0.2) is 0 Å².